The zero-order valence-corrected chi connectivity index (χ0v) is 13.6. The fourth-order valence-corrected chi connectivity index (χ4v) is 2.88. The molecule has 0 amide bonds. The Morgan fingerprint density at radius 1 is 0.895 bits per heavy atom. The Morgan fingerprint density at radius 2 is 1.53 bits per heavy atom. The Balaban J connectivity index is 2.46. The molecule has 0 aliphatic rings. The van der Waals surface area contributed by atoms with Crippen LogP contribution < -0.4 is 4.90 Å². The van der Waals surface area contributed by atoms with Gasteiger partial charge < -0.3 is 4.90 Å². The predicted molar refractivity (Wildman–Crippen MR) is 87.8 cm³/mol. The molecule has 0 aliphatic carbocycles. The first-order chi connectivity index (χ1) is 9.01. The fraction of sp³-hybridized carbons (Fsp3) is 0.294. The summed E-state index contributed by atoms with van der Waals surface area (Å²) in [5, 5.41) is 0.874. The average molecular weight is 318 g/mol. The largest absolute Gasteiger partial charge is 0.344 e. The molecule has 0 aromatic heterocycles. The number of rotatable bonds is 3. The van der Waals surface area contributed by atoms with Crippen molar-refractivity contribution in [3.8, 4) is 0 Å². The molecular formula is C17H20BrN. The molecule has 19 heavy (non-hydrogen) atoms. The minimum Gasteiger partial charge on any atom is -0.344 e. The molecule has 0 unspecified atom stereocenters. The van der Waals surface area contributed by atoms with Crippen LogP contribution in [0, 0.1) is 20.8 Å². The summed E-state index contributed by atoms with van der Waals surface area (Å²) in [6.07, 6.45) is 0. The third-order valence-electron chi connectivity index (χ3n) is 3.33. The molecule has 0 atom stereocenters. The van der Waals surface area contributed by atoms with Crippen molar-refractivity contribution in [1.29, 1.82) is 0 Å². The number of benzene rings is 2. The second kappa shape index (κ2) is 5.79. The summed E-state index contributed by atoms with van der Waals surface area (Å²) in [7, 11) is 2.13. The van der Waals surface area contributed by atoms with Crippen molar-refractivity contribution in [3.63, 3.8) is 0 Å². The molecule has 2 rings (SSSR count). The van der Waals surface area contributed by atoms with Gasteiger partial charge in [0.05, 0.1) is 0 Å². The Labute approximate surface area is 124 Å². The van der Waals surface area contributed by atoms with Gasteiger partial charge in [-0.15, -0.1) is 0 Å². The van der Waals surface area contributed by atoms with E-state index in [1.807, 2.05) is 0 Å². The summed E-state index contributed by atoms with van der Waals surface area (Å²) in [6, 6.07) is 13.3. The summed E-state index contributed by atoms with van der Waals surface area (Å²) in [6.45, 7) is 6.42. The fourth-order valence-electron chi connectivity index (χ4n) is 2.43. The van der Waals surface area contributed by atoms with Crippen molar-refractivity contribution in [1.82, 2.24) is 0 Å². The quantitative estimate of drug-likeness (QED) is 0.696. The van der Waals surface area contributed by atoms with E-state index in [1.165, 1.54) is 33.6 Å². The Kier molecular flexibility index (Phi) is 4.31. The van der Waals surface area contributed by atoms with Gasteiger partial charge in [0, 0.05) is 23.8 Å². The number of alkyl halides is 1. The predicted octanol–water partition coefficient (Wildman–Crippen LogP) is 5.27. The van der Waals surface area contributed by atoms with E-state index in [4.69, 9.17) is 0 Å². The third-order valence-corrected chi connectivity index (χ3v) is 3.94. The van der Waals surface area contributed by atoms with E-state index in [9.17, 15) is 0 Å². The number of aryl methyl sites for hydroxylation is 3. The Morgan fingerprint density at radius 3 is 2.11 bits per heavy atom. The second-order valence-corrected chi connectivity index (χ2v) is 5.73. The minimum absolute atomic E-state index is 0.874. The molecule has 0 aliphatic heterocycles. The van der Waals surface area contributed by atoms with Gasteiger partial charge in [0.2, 0.25) is 0 Å². The molecule has 0 radical (unpaired) electrons. The summed E-state index contributed by atoms with van der Waals surface area (Å²) >= 11 is 3.59. The molecule has 2 aromatic rings. The number of hydrogen-bond donors (Lipinski definition) is 0. The molecule has 100 valence electrons. The third kappa shape index (κ3) is 3.19. The molecule has 0 fully saturated rings. The van der Waals surface area contributed by atoms with E-state index in [0.717, 1.165) is 5.33 Å². The molecule has 0 heterocycles. The van der Waals surface area contributed by atoms with Crippen LogP contribution in [0.4, 0.5) is 11.4 Å². The summed E-state index contributed by atoms with van der Waals surface area (Å²) < 4.78 is 0. The van der Waals surface area contributed by atoms with Crippen molar-refractivity contribution in [2.45, 2.75) is 26.1 Å². The maximum atomic E-state index is 3.59. The lowest BCUT2D eigenvalue weighted by Gasteiger charge is -2.23. The number of nitrogens with zero attached hydrogens (tertiary/aromatic N) is 1. The SMILES string of the molecule is Cc1cc(C)cc(N(C)c2ccc(C)cc2CBr)c1. The van der Waals surface area contributed by atoms with Crippen molar-refractivity contribution >= 4 is 27.3 Å². The molecule has 0 saturated heterocycles. The van der Waals surface area contributed by atoms with Crippen LogP contribution in [0.15, 0.2) is 36.4 Å². The van der Waals surface area contributed by atoms with E-state index in [2.05, 4.69) is 85.0 Å². The highest BCUT2D eigenvalue weighted by Crippen LogP contribution is 2.30. The molecule has 2 heteroatoms. The van der Waals surface area contributed by atoms with Gasteiger partial charge >= 0.3 is 0 Å². The van der Waals surface area contributed by atoms with Crippen LogP contribution in [-0.4, -0.2) is 7.05 Å². The van der Waals surface area contributed by atoms with Crippen LogP contribution in [0.3, 0.4) is 0 Å². The lowest BCUT2D eigenvalue weighted by Crippen LogP contribution is -2.12. The first-order valence-electron chi connectivity index (χ1n) is 6.49. The monoisotopic (exact) mass is 317 g/mol. The second-order valence-electron chi connectivity index (χ2n) is 5.17. The first-order valence-corrected chi connectivity index (χ1v) is 7.61. The zero-order valence-electron chi connectivity index (χ0n) is 12.0. The molecular weight excluding hydrogens is 298 g/mol. The normalized spacial score (nSPS) is 10.6. The van der Waals surface area contributed by atoms with Gasteiger partial charge in [0.1, 0.15) is 0 Å². The molecule has 0 N–H and O–H groups in total. The van der Waals surface area contributed by atoms with Gasteiger partial charge in [0.15, 0.2) is 0 Å². The highest BCUT2D eigenvalue weighted by Gasteiger charge is 2.09. The highest BCUT2D eigenvalue weighted by molar-refractivity contribution is 9.08. The van der Waals surface area contributed by atoms with Gasteiger partial charge in [-0.25, -0.2) is 0 Å². The van der Waals surface area contributed by atoms with Crippen LogP contribution in [0.2, 0.25) is 0 Å². The van der Waals surface area contributed by atoms with E-state index in [0.29, 0.717) is 0 Å². The first kappa shape index (κ1) is 14.1. The Hall–Kier alpha value is -1.28. The van der Waals surface area contributed by atoms with Gasteiger partial charge in [-0.05, 0) is 55.7 Å². The van der Waals surface area contributed by atoms with Crippen molar-refractivity contribution in [2.24, 2.45) is 0 Å². The number of anilines is 2. The van der Waals surface area contributed by atoms with Gasteiger partial charge in [-0.1, -0.05) is 39.7 Å². The van der Waals surface area contributed by atoms with Crippen molar-refractivity contribution < 1.29 is 0 Å². The van der Waals surface area contributed by atoms with Crippen LogP contribution >= 0.6 is 15.9 Å². The lowest BCUT2D eigenvalue weighted by atomic mass is 10.1. The smallest absolute Gasteiger partial charge is 0.0449 e. The van der Waals surface area contributed by atoms with E-state index in [1.54, 1.807) is 0 Å². The maximum Gasteiger partial charge on any atom is 0.0449 e. The van der Waals surface area contributed by atoms with Gasteiger partial charge in [-0.3, -0.25) is 0 Å². The lowest BCUT2D eigenvalue weighted by molar-refractivity contribution is 1.16. The molecule has 1 nitrogen and oxygen atoms in total. The summed E-state index contributed by atoms with van der Waals surface area (Å²) in [5.74, 6) is 0. The standard InChI is InChI=1S/C17H20BrN/c1-12-5-6-17(15(8-12)11-18)19(4)16-9-13(2)7-14(3)10-16/h5-10H,11H2,1-4H3. The average Bonchev–Trinajstić information content (AvgIpc) is 2.36. The summed E-state index contributed by atoms with van der Waals surface area (Å²) in [5.41, 5.74) is 7.72. The van der Waals surface area contributed by atoms with Crippen molar-refractivity contribution in [3.05, 3.63) is 58.7 Å². The topological polar surface area (TPSA) is 3.24 Å². The highest BCUT2D eigenvalue weighted by atomic mass is 79.9. The van der Waals surface area contributed by atoms with E-state index in [-0.39, 0.29) is 0 Å². The summed E-state index contributed by atoms with van der Waals surface area (Å²) in [4.78, 5) is 2.26. The van der Waals surface area contributed by atoms with Crippen LogP contribution in [0.25, 0.3) is 0 Å². The molecule has 2 aromatic carbocycles. The van der Waals surface area contributed by atoms with Crippen molar-refractivity contribution in [2.75, 3.05) is 11.9 Å². The van der Waals surface area contributed by atoms with Crippen LogP contribution in [0.1, 0.15) is 22.3 Å². The molecule has 0 bridgehead atoms. The maximum absolute atomic E-state index is 3.59. The molecule has 0 spiro atoms. The van der Waals surface area contributed by atoms with E-state index < -0.39 is 0 Å². The van der Waals surface area contributed by atoms with E-state index >= 15 is 0 Å². The zero-order chi connectivity index (χ0) is 14.0. The van der Waals surface area contributed by atoms with Crippen LogP contribution in [-0.2, 0) is 5.33 Å². The van der Waals surface area contributed by atoms with Crippen LogP contribution in [0.5, 0.6) is 0 Å². The number of halogens is 1. The Bertz CT molecular complexity index is 570. The minimum atomic E-state index is 0.874. The molecule has 0 saturated carbocycles. The number of hydrogen-bond acceptors (Lipinski definition) is 1. The van der Waals surface area contributed by atoms with Gasteiger partial charge in [0.25, 0.3) is 0 Å². The van der Waals surface area contributed by atoms with Gasteiger partial charge in [-0.2, -0.15) is 0 Å².